The second kappa shape index (κ2) is 4.02. The number of hydrogen-bond acceptors (Lipinski definition) is 4. The number of benzene rings is 1. The zero-order valence-electron chi connectivity index (χ0n) is 9.17. The third-order valence-corrected chi connectivity index (χ3v) is 2.61. The Morgan fingerprint density at radius 1 is 1.33 bits per heavy atom. The van der Waals surface area contributed by atoms with E-state index in [2.05, 4.69) is 20.5 Å². The van der Waals surface area contributed by atoms with Crippen molar-refractivity contribution in [2.45, 2.75) is 6.54 Å². The van der Waals surface area contributed by atoms with E-state index in [0.29, 0.717) is 11.1 Å². The summed E-state index contributed by atoms with van der Waals surface area (Å²) in [5, 5.41) is 13.8. The maximum absolute atomic E-state index is 13.5. The Labute approximate surface area is 100 Å². The second-order valence-electron chi connectivity index (χ2n) is 3.77. The van der Waals surface area contributed by atoms with Crippen LogP contribution >= 0.6 is 0 Å². The summed E-state index contributed by atoms with van der Waals surface area (Å²) >= 11 is 0. The van der Waals surface area contributed by atoms with E-state index in [0.717, 1.165) is 4.68 Å². The molecule has 0 saturated carbocycles. The molecule has 2 heterocycles. The van der Waals surface area contributed by atoms with Gasteiger partial charge in [-0.05, 0) is 6.07 Å². The van der Waals surface area contributed by atoms with Gasteiger partial charge >= 0.3 is 0 Å². The molecule has 90 valence electrons. The summed E-state index contributed by atoms with van der Waals surface area (Å²) in [6.45, 7) is 0.0352. The number of rotatable bonds is 2. The summed E-state index contributed by atoms with van der Waals surface area (Å²) in [4.78, 5) is 12.0. The number of H-pyrrole nitrogens is 1. The lowest BCUT2D eigenvalue weighted by Crippen LogP contribution is -2.25. The van der Waals surface area contributed by atoms with Gasteiger partial charge in [-0.2, -0.15) is 5.10 Å². The van der Waals surface area contributed by atoms with Crippen molar-refractivity contribution in [1.29, 1.82) is 0 Å². The Bertz CT molecular complexity index is 763. The minimum absolute atomic E-state index is 0.0352. The summed E-state index contributed by atoms with van der Waals surface area (Å²) in [5.41, 5.74) is 0.666. The van der Waals surface area contributed by atoms with E-state index < -0.39 is 0 Å². The molecule has 7 heteroatoms. The molecule has 0 fully saturated rings. The van der Waals surface area contributed by atoms with E-state index in [1.165, 1.54) is 12.3 Å². The molecule has 3 rings (SSSR count). The Kier molecular flexibility index (Phi) is 2.36. The fourth-order valence-corrected chi connectivity index (χ4v) is 1.68. The standard InChI is InChI=1S/C11H8FN5O/c12-8-4-2-1-3-7(8)6-17-11(18)10-9(14-16-17)5-13-15-10/h1-5H,6H2,(H,13,15). The van der Waals surface area contributed by atoms with Crippen LogP contribution in [0.5, 0.6) is 0 Å². The first-order valence-electron chi connectivity index (χ1n) is 5.26. The Balaban J connectivity index is 2.08. The summed E-state index contributed by atoms with van der Waals surface area (Å²) in [6.07, 6.45) is 1.41. The van der Waals surface area contributed by atoms with E-state index in [-0.39, 0.29) is 23.4 Å². The third-order valence-electron chi connectivity index (χ3n) is 2.61. The molecule has 6 nitrogen and oxygen atoms in total. The molecule has 0 aliphatic carbocycles. The number of nitrogens with zero attached hydrogens (tertiary/aromatic N) is 4. The first kappa shape index (κ1) is 10.6. The van der Waals surface area contributed by atoms with E-state index in [9.17, 15) is 9.18 Å². The Hall–Kier alpha value is -2.57. The van der Waals surface area contributed by atoms with Crippen molar-refractivity contribution in [1.82, 2.24) is 25.2 Å². The van der Waals surface area contributed by atoms with Gasteiger partial charge in [0.15, 0.2) is 5.52 Å². The van der Waals surface area contributed by atoms with E-state index in [1.807, 2.05) is 0 Å². The van der Waals surface area contributed by atoms with Gasteiger partial charge in [-0.15, -0.1) is 5.10 Å². The van der Waals surface area contributed by atoms with Crippen LogP contribution in [0.25, 0.3) is 11.0 Å². The summed E-state index contributed by atoms with van der Waals surface area (Å²) in [6, 6.07) is 6.22. The summed E-state index contributed by atoms with van der Waals surface area (Å²) in [7, 11) is 0. The maximum Gasteiger partial charge on any atom is 0.295 e. The van der Waals surface area contributed by atoms with Gasteiger partial charge in [0, 0.05) is 5.56 Å². The van der Waals surface area contributed by atoms with Gasteiger partial charge in [-0.3, -0.25) is 9.89 Å². The largest absolute Gasteiger partial charge is 0.295 e. The summed E-state index contributed by atoms with van der Waals surface area (Å²) in [5.74, 6) is -0.379. The molecular weight excluding hydrogens is 237 g/mol. The Morgan fingerprint density at radius 3 is 3.00 bits per heavy atom. The summed E-state index contributed by atoms with van der Waals surface area (Å²) < 4.78 is 14.6. The first-order valence-corrected chi connectivity index (χ1v) is 5.26. The average Bonchev–Trinajstić information content (AvgIpc) is 2.84. The van der Waals surface area contributed by atoms with Crippen LogP contribution in [0, 0.1) is 5.82 Å². The van der Waals surface area contributed by atoms with Crippen LogP contribution in [-0.4, -0.2) is 25.2 Å². The van der Waals surface area contributed by atoms with E-state index in [4.69, 9.17) is 0 Å². The van der Waals surface area contributed by atoms with Crippen molar-refractivity contribution in [3.05, 3.63) is 52.2 Å². The van der Waals surface area contributed by atoms with Crippen LogP contribution in [0.1, 0.15) is 5.56 Å². The van der Waals surface area contributed by atoms with Gasteiger partial charge in [-0.25, -0.2) is 9.07 Å². The zero-order valence-corrected chi connectivity index (χ0v) is 9.17. The zero-order chi connectivity index (χ0) is 12.5. The number of fused-ring (bicyclic) bond motifs is 1. The lowest BCUT2D eigenvalue weighted by molar-refractivity contribution is 0.556. The molecule has 0 radical (unpaired) electrons. The molecule has 0 amide bonds. The molecule has 0 atom stereocenters. The van der Waals surface area contributed by atoms with Crippen molar-refractivity contribution >= 4 is 11.0 Å². The monoisotopic (exact) mass is 245 g/mol. The van der Waals surface area contributed by atoms with Gasteiger partial charge in [0.05, 0.1) is 12.7 Å². The SMILES string of the molecule is O=c1c2[nH]ncc2nnn1Cc1ccccc1F. The predicted octanol–water partition coefficient (Wildman–Crippen LogP) is 0.702. The van der Waals surface area contributed by atoms with Crippen LogP contribution in [0.2, 0.25) is 0 Å². The fourth-order valence-electron chi connectivity index (χ4n) is 1.68. The lowest BCUT2D eigenvalue weighted by atomic mass is 10.2. The van der Waals surface area contributed by atoms with Crippen molar-refractivity contribution in [2.24, 2.45) is 0 Å². The van der Waals surface area contributed by atoms with Crippen LogP contribution in [0.4, 0.5) is 4.39 Å². The van der Waals surface area contributed by atoms with Crippen molar-refractivity contribution in [2.75, 3.05) is 0 Å². The topological polar surface area (TPSA) is 76.5 Å². The molecule has 0 aliphatic rings. The average molecular weight is 245 g/mol. The van der Waals surface area contributed by atoms with E-state index >= 15 is 0 Å². The van der Waals surface area contributed by atoms with Gasteiger partial charge in [0.1, 0.15) is 11.3 Å². The van der Waals surface area contributed by atoms with Crippen molar-refractivity contribution in [3.8, 4) is 0 Å². The predicted molar refractivity (Wildman–Crippen MR) is 61.4 cm³/mol. The molecule has 0 spiro atoms. The van der Waals surface area contributed by atoms with Crippen LogP contribution in [-0.2, 0) is 6.54 Å². The number of aromatic nitrogens is 5. The number of nitrogens with one attached hydrogen (secondary N) is 1. The number of hydrogen-bond donors (Lipinski definition) is 1. The molecular formula is C11H8FN5O. The first-order chi connectivity index (χ1) is 8.75. The third kappa shape index (κ3) is 1.65. The van der Waals surface area contributed by atoms with Gasteiger partial charge in [0.2, 0.25) is 0 Å². The highest BCUT2D eigenvalue weighted by atomic mass is 19.1. The number of halogens is 1. The van der Waals surface area contributed by atoms with Crippen LogP contribution < -0.4 is 5.56 Å². The molecule has 1 N–H and O–H groups in total. The van der Waals surface area contributed by atoms with E-state index in [1.54, 1.807) is 18.2 Å². The van der Waals surface area contributed by atoms with Crippen molar-refractivity contribution in [3.63, 3.8) is 0 Å². The van der Waals surface area contributed by atoms with Gasteiger partial charge < -0.3 is 0 Å². The molecule has 2 aromatic heterocycles. The minimum Gasteiger partial charge on any atom is -0.271 e. The molecule has 0 unspecified atom stereocenters. The highest BCUT2D eigenvalue weighted by Crippen LogP contribution is 2.07. The Morgan fingerprint density at radius 2 is 2.17 bits per heavy atom. The molecule has 0 aliphatic heterocycles. The smallest absolute Gasteiger partial charge is 0.271 e. The van der Waals surface area contributed by atoms with Crippen LogP contribution in [0.15, 0.2) is 35.3 Å². The normalized spacial score (nSPS) is 10.9. The maximum atomic E-state index is 13.5. The van der Waals surface area contributed by atoms with Gasteiger partial charge in [0.25, 0.3) is 5.56 Å². The highest BCUT2D eigenvalue weighted by Gasteiger charge is 2.09. The van der Waals surface area contributed by atoms with Crippen LogP contribution in [0.3, 0.4) is 0 Å². The molecule has 0 saturated heterocycles. The second-order valence-corrected chi connectivity index (χ2v) is 3.77. The molecule has 18 heavy (non-hydrogen) atoms. The quantitative estimate of drug-likeness (QED) is 0.721. The molecule has 3 aromatic rings. The lowest BCUT2D eigenvalue weighted by Gasteiger charge is -2.04. The van der Waals surface area contributed by atoms with Gasteiger partial charge in [-0.1, -0.05) is 23.4 Å². The van der Waals surface area contributed by atoms with Crippen molar-refractivity contribution < 1.29 is 4.39 Å². The minimum atomic E-state index is -0.379. The fraction of sp³-hybridized carbons (Fsp3) is 0.0909. The highest BCUT2D eigenvalue weighted by molar-refractivity contribution is 5.70. The molecule has 0 bridgehead atoms. The molecule has 1 aromatic carbocycles. The number of aromatic amines is 1.